The van der Waals surface area contributed by atoms with Gasteiger partial charge in [0.15, 0.2) is 0 Å². The summed E-state index contributed by atoms with van der Waals surface area (Å²) in [5, 5.41) is 0. The van der Waals surface area contributed by atoms with Crippen LogP contribution >= 0.6 is 15.9 Å². The second kappa shape index (κ2) is 8.69. The molecule has 29 heavy (non-hydrogen) atoms. The Morgan fingerprint density at radius 1 is 1.21 bits per heavy atom. The zero-order valence-electron chi connectivity index (χ0n) is 16.4. The molecule has 0 amide bonds. The van der Waals surface area contributed by atoms with E-state index in [0.29, 0.717) is 12.0 Å². The number of hydrazine groups is 1. The van der Waals surface area contributed by atoms with Crippen LogP contribution in [0.15, 0.2) is 51.9 Å². The average Bonchev–Trinajstić information content (AvgIpc) is 2.69. The fraction of sp³-hybridized carbons (Fsp3) is 0.381. The number of para-hydroxylation sites is 1. The summed E-state index contributed by atoms with van der Waals surface area (Å²) in [5.41, 5.74) is 15.5. The summed E-state index contributed by atoms with van der Waals surface area (Å²) in [6.45, 7) is 5.92. The molecular weight excluding hydrogens is 435 g/mol. The van der Waals surface area contributed by atoms with Gasteiger partial charge in [-0.1, -0.05) is 12.1 Å². The Kier molecular flexibility index (Phi) is 6.03. The van der Waals surface area contributed by atoms with Crippen molar-refractivity contribution in [3.05, 3.63) is 58.3 Å². The minimum atomic E-state index is -0.196. The predicted molar refractivity (Wildman–Crippen MR) is 119 cm³/mol. The van der Waals surface area contributed by atoms with E-state index >= 15 is 0 Å². The quantitative estimate of drug-likeness (QED) is 0.656. The number of halogens is 2. The number of nitrogens with two attached hydrogens (primary N) is 1. The largest absolute Gasteiger partial charge is 0.369 e. The Morgan fingerprint density at radius 2 is 2.00 bits per heavy atom. The van der Waals surface area contributed by atoms with E-state index in [4.69, 9.17) is 5.73 Å². The molecule has 2 aromatic rings. The van der Waals surface area contributed by atoms with Crippen LogP contribution in [-0.2, 0) is 6.42 Å². The summed E-state index contributed by atoms with van der Waals surface area (Å²) < 4.78 is 14.2. The lowest BCUT2D eigenvalue weighted by Crippen LogP contribution is -2.58. The van der Waals surface area contributed by atoms with Gasteiger partial charge in [-0.25, -0.2) is 14.8 Å². The van der Waals surface area contributed by atoms with Crippen molar-refractivity contribution < 1.29 is 4.39 Å². The first-order chi connectivity index (χ1) is 14.0. The lowest BCUT2D eigenvalue weighted by molar-refractivity contribution is 0.167. The van der Waals surface area contributed by atoms with E-state index < -0.39 is 0 Å². The van der Waals surface area contributed by atoms with Crippen molar-refractivity contribution in [2.45, 2.75) is 25.4 Å². The van der Waals surface area contributed by atoms with Crippen molar-refractivity contribution in [2.24, 2.45) is 10.7 Å². The molecule has 1 unspecified atom stereocenters. The third-order valence-electron chi connectivity index (χ3n) is 5.59. The van der Waals surface area contributed by atoms with Crippen LogP contribution in [0.5, 0.6) is 0 Å². The maximum atomic E-state index is 13.2. The topological polar surface area (TPSA) is 68.9 Å². The highest BCUT2D eigenvalue weighted by Crippen LogP contribution is 2.31. The van der Waals surface area contributed by atoms with E-state index in [1.807, 2.05) is 24.3 Å². The number of benzene rings is 2. The summed E-state index contributed by atoms with van der Waals surface area (Å²) in [5.74, 6) is 0.162. The molecule has 0 aromatic heterocycles. The smallest absolute Gasteiger partial charge is 0.208 e. The van der Waals surface area contributed by atoms with E-state index in [9.17, 15) is 4.39 Å². The second-order valence-corrected chi connectivity index (χ2v) is 8.54. The van der Waals surface area contributed by atoms with Crippen LogP contribution in [0.3, 0.4) is 0 Å². The van der Waals surface area contributed by atoms with Gasteiger partial charge in [0, 0.05) is 48.4 Å². The van der Waals surface area contributed by atoms with Crippen molar-refractivity contribution in [3.8, 4) is 0 Å². The SMILES string of the molecule is C[C@@H]1CN(c2ccc(F)cc2)CCN1CC1Cc2cccc(Br)c2N=C(N)NN1. The van der Waals surface area contributed by atoms with E-state index in [-0.39, 0.29) is 11.9 Å². The lowest BCUT2D eigenvalue weighted by atomic mass is 10.0. The summed E-state index contributed by atoms with van der Waals surface area (Å²) in [4.78, 5) is 9.28. The van der Waals surface area contributed by atoms with E-state index in [2.05, 4.69) is 54.6 Å². The van der Waals surface area contributed by atoms with Crippen LogP contribution in [-0.4, -0.2) is 49.1 Å². The second-order valence-electron chi connectivity index (χ2n) is 7.68. The number of piperazine rings is 1. The number of guanidine groups is 1. The first-order valence-corrected chi connectivity index (χ1v) is 10.7. The highest BCUT2D eigenvalue weighted by molar-refractivity contribution is 9.10. The van der Waals surface area contributed by atoms with Crippen molar-refractivity contribution in [2.75, 3.05) is 31.1 Å². The van der Waals surface area contributed by atoms with Crippen molar-refractivity contribution in [1.29, 1.82) is 0 Å². The van der Waals surface area contributed by atoms with Gasteiger partial charge in [0.1, 0.15) is 5.82 Å². The zero-order valence-corrected chi connectivity index (χ0v) is 18.0. The highest BCUT2D eigenvalue weighted by Gasteiger charge is 2.27. The Bertz CT molecular complexity index is 887. The van der Waals surface area contributed by atoms with Crippen LogP contribution in [0.1, 0.15) is 12.5 Å². The minimum absolute atomic E-state index is 0.192. The number of rotatable bonds is 3. The molecule has 0 saturated carbocycles. The molecule has 4 N–H and O–H groups in total. The lowest BCUT2D eigenvalue weighted by Gasteiger charge is -2.42. The molecule has 0 radical (unpaired) electrons. The van der Waals surface area contributed by atoms with Crippen LogP contribution < -0.4 is 21.5 Å². The molecule has 2 atom stereocenters. The minimum Gasteiger partial charge on any atom is -0.369 e. The molecule has 0 bridgehead atoms. The van der Waals surface area contributed by atoms with Crippen molar-refractivity contribution in [1.82, 2.24) is 15.8 Å². The Labute approximate surface area is 179 Å². The Balaban J connectivity index is 1.43. The van der Waals surface area contributed by atoms with E-state index in [1.165, 1.54) is 17.7 Å². The molecule has 1 fully saturated rings. The van der Waals surface area contributed by atoms with Crippen molar-refractivity contribution in [3.63, 3.8) is 0 Å². The zero-order chi connectivity index (χ0) is 20.4. The molecule has 1 saturated heterocycles. The molecule has 154 valence electrons. The van der Waals surface area contributed by atoms with Gasteiger partial charge in [-0.3, -0.25) is 10.3 Å². The van der Waals surface area contributed by atoms with Gasteiger partial charge in [0.05, 0.1) is 5.69 Å². The van der Waals surface area contributed by atoms with E-state index in [1.54, 1.807) is 0 Å². The maximum Gasteiger partial charge on any atom is 0.208 e. The molecule has 6 nitrogen and oxygen atoms in total. The number of aliphatic imine (C=N–C) groups is 1. The Morgan fingerprint density at radius 3 is 2.76 bits per heavy atom. The molecule has 2 aliphatic heterocycles. The fourth-order valence-electron chi connectivity index (χ4n) is 4.04. The summed E-state index contributed by atoms with van der Waals surface area (Å²) in [6, 6.07) is 13.5. The third kappa shape index (κ3) is 4.71. The standard InChI is InChI=1S/C21H26BrFN6/c1-14-12-29(18-7-5-16(23)6-8-18)10-9-28(14)13-17-11-15-3-2-4-19(22)20(15)25-21(24)27-26-17/h2-8,14,17,26H,9-13H2,1H3,(H3,24,25,27)/t14-,17?/m1/s1. The molecule has 0 spiro atoms. The molecule has 8 heteroatoms. The summed E-state index contributed by atoms with van der Waals surface area (Å²) in [6.07, 6.45) is 0.851. The van der Waals surface area contributed by atoms with Crippen LogP contribution in [0, 0.1) is 5.82 Å². The van der Waals surface area contributed by atoms with Gasteiger partial charge in [-0.05, 0) is 65.2 Å². The highest BCUT2D eigenvalue weighted by atomic mass is 79.9. The first kappa shape index (κ1) is 20.1. The van der Waals surface area contributed by atoms with Gasteiger partial charge >= 0.3 is 0 Å². The number of nitrogens with one attached hydrogen (secondary N) is 2. The first-order valence-electron chi connectivity index (χ1n) is 9.87. The van der Waals surface area contributed by atoms with Gasteiger partial charge in [-0.15, -0.1) is 0 Å². The molecule has 2 aliphatic rings. The van der Waals surface area contributed by atoms with Gasteiger partial charge in [-0.2, -0.15) is 0 Å². The van der Waals surface area contributed by atoms with E-state index in [0.717, 1.165) is 48.4 Å². The van der Waals surface area contributed by atoms with Crippen LogP contribution in [0.2, 0.25) is 0 Å². The molecule has 0 aliphatic carbocycles. The number of fused-ring (bicyclic) bond motifs is 1. The van der Waals surface area contributed by atoms with Crippen LogP contribution in [0.25, 0.3) is 0 Å². The average molecular weight is 461 g/mol. The number of nitrogens with zero attached hydrogens (tertiary/aromatic N) is 3. The number of hydrogen-bond acceptors (Lipinski definition) is 6. The number of hydrogen-bond donors (Lipinski definition) is 3. The molecule has 2 heterocycles. The molecule has 2 aromatic carbocycles. The molecule has 4 rings (SSSR count). The summed E-state index contributed by atoms with van der Waals surface area (Å²) >= 11 is 3.58. The molecular formula is C21H26BrFN6. The third-order valence-corrected chi connectivity index (χ3v) is 6.22. The maximum absolute atomic E-state index is 13.2. The van der Waals surface area contributed by atoms with Gasteiger partial charge in [0.25, 0.3) is 0 Å². The monoisotopic (exact) mass is 460 g/mol. The summed E-state index contributed by atoms with van der Waals surface area (Å²) in [7, 11) is 0. The van der Waals surface area contributed by atoms with Crippen LogP contribution in [0.4, 0.5) is 15.8 Å². The van der Waals surface area contributed by atoms with Gasteiger partial charge < -0.3 is 10.6 Å². The number of anilines is 1. The van der Waals surface area contributed by atoms with Crippen molar-refractivity contribution >= 4 is 33.3 Å². The predicted octanol–water partition coefficient (Wildman–Crippen LogP) is 2.76. The van der Waals surface area contributed by atoms with Gasteiger partial charge in [0.2, 0.25) is 5.96 Å². The fourth-order valence-corrected chi connectivity index (χ4v) is 4.53. The Hall–Kier alpha value is -2.16. The normalized spacial score (nSPS) is 22.9.